The zero-order valence-corrected chi connectivity index (χ0v) is 18.3. The van der Waals surface area contributed by atoms with Gasteiger partial charge in [-0.3, -0.25) is 9.69 Å². The van der Waals surface area contributed by atoms with Crippen LogP contribution in [0.1, 0.15) is 32.3 Å². The summed E-state index contributed by atoms with van der Waals surface area (Å²) in [5.41, 5.74) is -1.39. The third-order valence-electron chi connectivity index (χ3n) is 6.15. The van der Waals surface area contributed by atoms with Crippen molar-refractivity contribution in [1.29, 1.82) is 0 Å². The normalized spacial score (nSPS) is 18.3. The van der Waals surface area contributed by atoms with E-state index in [1.165, 1.54) is 18.2 Å². The lowest BCUT2D eigenvalue weighted by molar-refractivity contribution is -0.175. The molecule has 1 saturated carbocycles. The number of hydrogen-bond acceptors (Lipinski definition) is 4. The van der Waals surface area contributed by atoms with Crippen molar-refractivity contribution in [3.63, 3.8) is 0 Å². The maximum atomic E-state index is 13.7. The van der Waals surface area contributed by atoms with Crippen molar-refractivity contribution in [2.45, 2.75) is 51.1 Å². The molecule has 1 amide bonds. The summed E-state index contributed by atoms with van der Waals surface area (Å²) in [6.07, 6.45) is -5.51. The lowest BCUT2D eigenvalue weighted by Crippen LogP contribution is -2.57. The van der Waals surface area contributed by atoms with Crippen LogP contribution in [0.25, 0.3) is 0 Å². The van der Waals surface area contributed by atoms with Crippen LogP contribution in [-0.4, -0.2) is 41.3 Å². The van der Waals surface area contributed by atoms with Crippen molar-refractivity contribution >= 4 is 23.3 Å². The molecule has 2 aliphatic rings. The first-order valence-corrected chi connectivity index (χ1v) is 10.7. The van der Waals surface area contributed by atoms with Crippen molar-refractivity contribution < 1.29 is 32.6 Å². The summed E-state index contributed by atoms with van der Waals surface area (Å²) in [6, 6.07) is 13.6. The largest absolute Gasteiger partial charge is 0.479 e. The quantitative estimate of drug-likeness (QED) is 0.634. The number of carbonyl (C=O) groups is 2. The van der Waals surface area contributed by atoms with Crippen molar-refractivity contribution in [2.75, 3.05) is 16.3 Å². The number of nitrogens with zero attached hydrogens (tertiary/aromatic N) is 2. The first-order chi connectivity index (χ1) is 15.5. The minimum Gasteiger partial charge on any atom is -0.479 e. The first-order valence-electron chi connectivity index (χ1n) is 10.7. The van der Waals surface area contributed by atoms with Gasteiger partial charge in [-0.15, -0.1) is 0 Å². The Morgan fingerprint density at radius 1 is 1.12 bits per heavy atom. The fourth-order valence-electron chi connectivity index (χ4n) is 4.01. The molecule has 1 fully saturated rings. The Morgan fingerprint density at radius 3 is 2.36 bits per heavy atom. The van der Waals surface area contributed by atoms with Gasteiger partial charge >= 0.3 is 12.3 Å². The molecular formula is C24H25F3N2O4. The molecule has 0 bridgehead atoms. The monoisotopic (exact) mass is 462 g/mol. The van der Waals surface area contributed by atoms with Gasteiger partial charge in [-0.2, -0.15) is 13.2 Å². The number of alkyl halides is 3. The van der Waals surface area contributed by atoms with Gasteiger partial charge in [0.25, 0.3) is 0 Å². The predicted molar refractivity (Wildman–Crippen MR) is 117 cm³/mol. The minimum absolute atomic E-state index is 0.00974. The Balaban J connectivity index is 1.74. The van der Waals surface area contributed by atoms with Gasteiger partial charge in [0.05, 0.1) is 17.9 Å². The molecule has 1 N–H and O–H groups in total. The van der Waals surface area contributed by atoms with Crippen LogP contribution in [0, 0.1) is 5.92 Å². The molecule has 0 saturated heterocycles. The second-order valence-electron chi connectivity index (χ2n) is 8.98. The molecule has 0 aromatic heterocycles. The summed E-state index contributed by atoms with van der Waals surface area (Å²) in [4.78, 5) is 26.8. The lowest BCUT2D eigenvalue weighted by atomic mass is 10.0. The lowest BCUT2D eigenvalue weighted by Gasteiger charge is -2.40. The molecule has 4 rings (SSSR count). The number of Topliss-reactive ketones (excluding diaryl/α,β-unsaturated/α-hetero) is 1. The van der Waals surface area contributed by atoms with E-state index in [0.717, 1.165) is 32.3 Å². The zero-order valence-electron chi connectivity index (χ0n) is 18.3. The number of anilines is 2. The van der Waals surface area contributed by atoms with Crippen molar-refractivity contribution in [3.8, 4) is 5.75 Å². The summed E-state index contributed by atoms with van der Waals surface area (Å²) in [7, 11) is 0. The number of ketones is 1. The molecule has 0 spiro atoms. The highest BCUT2D eigenvalue weighted by Crippen LogP contribution is 2.43. The van der Waals surface area contributed by atoms with Gasteiger partial charge in [0.15, 0.2) is 11.9 Å². The number of carboxylic acid groups (broad SMARTS) is 1. The van der Waals surface area contributed by atoms with E-state index in [-0.39, 0.29) is 23.9 Å². The molecule has 176 valence electrons. The van der Waals surface area contributed by atoms with Crippen LogP contribution >= 0.6 is 0 Å². The highest BCUT2D eigenvalue weighted by molar-refractivity contribution is 5.91. The number of carbonyl (C=O) groups excluding carboxylic acids is 1. The fourth-order valence-corrected chi connectivity index (χ4v) is 4.01. The number of halogens is 3. The smallest absolute Gasteiger partial charge is 0.412 e. The predicted octanol–water partition coefficient (Wildman–Crippen LogP) is 5.26. The third-order valence-corrected chi connectivity index (χ3v) is 6.15. The zero-order chi connectivity index (χ0) is 24.0. The second kappa shape index (κ2) is 8.28. The van der Waals surface area contributed by atoms with E-state index >= 15 is 0 Å². The molecule has 1 atom stereocenters. The van der Waals surface area contributed by atoms with Crippen molar-refractivity contribution in [3.05, 3.63) is 54.1 Å². The van der Waals surface area contributed by atoms with E-state index in [2.05, 4.69) is 0 Å². The number of hydrogen-bond donors (Lipinski definition) is 1. The third kappa shape index (κ3) is 4.49. The molecule has 2 aromatic carbocycles. The number of amides is 1. The summed E-state index contributed by atoms with van der Waals surface area (Å²) in [5.74, 6) is 0.354. The number of fused-ring (bicyclic) bond motifs is 1. The molecule has 0 radical (unpaired) electrons. The van der Waals surface area contributed by atoms with E-state index in [1.807, 2.05) is 35.2 Å². The standard InChI is InChI=1S/C24H25F3N2O4/c1-23(2,24(25,26)27)29(22(31)32)17-10-11-19-18(12-17)28(13-15-6-4-3-5-7-15)14-20(33-19)21(30)16-8-9-16/h3-7,10-12,16,20H,8-9,13-14H2,1-2H3,(H,31,32)/t20-/m1/s1. The van der Waals surface area contributed by atoms with Crippen LogP contribution in [0.5, 0.6) is 5.75 Å². The number of ether oxygens (including phenoxy) is 1. The average Bonchev–Trinajstić information content (AvgIpc) is 3.58. The van der Waals surface area contributed by atoms with Gasteiger partial charge < -0.3 is 14.7 Å². The van der Waals surface area contributed by atoms with Crippen LogP contribution in [0.4, 0.5) is 29.3 Å². The Morgan fingerprint density at radius 2 is 1.79 bits per heavy atom. The van der Waals surface area contributed by atoms with E-state index in [1.54, 1.807) is 0 Å². The molecule has 33 heavy (non-hydrogen) atoms. The average molecular weight is 462 g/mol. The van der Waals surface area contributed by atoms with Gasteiger partial charge in [0, 0.05) is 12.5 Å². The van der Waals surface area contributed by atoms with Crippen molar-refractivity contribution in [2.24, 2.45) is 5.92 Å². The maximum Gasteiger partial charge on any atom is 0.412 e. The SMILES string of the molecule is CC(C)(N(C(=O)O)c1ccc2c(c1)N(Cc1ccccc1)C[C@H](C(=O)C1CC1)O2)C(F)(F)F. The summed E-state index contributed by atoms with van der Waals surface area (Å²) >= 11 is 0. The summed E-state index contributed by atoms with van der Waals surface area (Å²) in [6.45, 7) is 2.27. The Bertz CT molecular complexity index is 1050. The highest BCUT2D eigenvalue weighted by atomic mass is 19.4. The van der Waals surface area contributed by atoms with Gasteiger partial charge in [-0.25, -0.2) is 4.79 Å². The van der Waals surface area contributed by atoms with Gasteiger partial charge in [-0.1, -0.05) is 30.3 Å². The molecular weight excluding hydrogens is 437 g/mol. The van der Waals surface area contributed by atoms with Gasteiger partial charge in [0.1, 0.15) is 11.3 Å². The molecule has 6 nitrogen and oxygen atoms in total. The molecule has 1 aliphatic heterocycles. The Labute approximate surface area is 189 Å². The number of benzene rings is 2. The highest BCUT2D eigenvalue weighted by Gasteiger charge is 2.54. The van der Waals surface area contributed by atoms with Gasteiger partial charge in [-0.05, 0) is 50.5 Å². The van der Waals surface area contributed by atoms with E-state index in [9.17, 15) is 27.9 Å². The molecule has 2 aromatic rings. The van der Waals surface area contributed by atoms with Crippen LogP contribution in [-0.2, 0) is 11.3 Å². The first kappa shape index (κ1) is 22.9. The minimum atomic E-state index is -4.79. The Hall–Kier alpha value is -3.23. The van der Waals surface area contributed by atoms with Crippen LogP contribution < -0.4 is 14.5 Å². The van der Waals surface area contributed by atoms with E-state index in [0.29, 0.717) is 22.9 Å². The van der Waals surface area contributed by atoms with Crippen LogP contribution in [0.3, 0.4) is 0 Å². The molecule has 0 unspecified atom stereocenters. The second-order valence-corrected chi connectivity index (χ2v) is 8.98. The Kier molecular flexibility index (Phi) is 5.76. The summed E-state index contributed by atoms with van der Waals surface area (Å²) in [5, 5.41) is 9.65. The maximum absolute atomic E-state index is 13.7. The van der Waals surface area contributed by atoms with Crippen LogP contribution in [0.15, 0.2) is 48.5 Å². The molecule has 9 heteroatoms. The molecule has 1 heterocycles. The number of rotatable bonds is 6. The van der Waals surface area contributed by atoms with E-state index < -0.39 is 23.9 Å². The topological polar surface area (TPSA) is 70.1 Å². The summed E-state index contributed by atoms with van der Waals surface area (Å²) < 4.78 is 47.0. The van der Waals surface area contributed by atoms with Crippen LogP contribution in [0.2, 0.25) is 0 Å². The van der Waals surface area contributed by atoms with E-state index in [4.69, 9.17) is 4.74 Å². The van der Waals surface area contributed by atoms with Crippen molar-refractivity contribution in [1.82, 2.24) is 0 Å². The molecule has 1 aliphatic carbocycles. The fraction of sp³-hybridized carbons (Fsp3) is 0.417. The van der Waals surface area contributed by atoms with Gasteiger partial charge in [0.2, 0.25) is 0 Å².